The Morgan fingerprint density at radius 3 is 2.84 bits per heavy atom. The quantitative estimate of drug-likeness (QED) is 0.904. The summed E-state index contributed by atoms with van der Waals surface area (Å²) >= 11 is 3.29. The van der Waals surface area contributed by atoms with E-state index in [-0.39, 0.29) is 12.3 Å². The van der Waals surface area contributed by atoms with Gasteiger partial charge in [-0.3, -0.25) is 0 Å². The van der Waals surface area contributed by atoms with E-state index in [0.29, 0.717) is 16.8 Å². The maximum Gasteiger partial charge on any atom is 0.165 e. The summed E-state index contributed by atoms with van der Waals surface area (Å²) in [7, 11) is 0. The van der Waals surface area contributed by atoms with E-state index in [4.69, 9.17) is 5.26 Å². The molecule has 0 amide bonds. The number of nitriles is 1. The normalized spacial score (nSPS) is 9.95. The van der Waals surface area contributed by atoms with Gasteiger partial charge in [-0.05, 0) is 24.3 Å². The highest BCUT2D eigenvalue weighted by atomic mass is 79.9. The van der Waals surface area contributed by atoms with E-state index in [0.717, 1.165) is 4.47 Å². The Bertz CT molecular complexity index is 652. The van der Waals surface area contributed by atoms with Crippen LogP contribution in [0.4, 0.5) is 10.1 Å². The van der Waals surface area contributed by atoms with Crippen LogP contribution in [0.5, 0.6) is 5.75 Å². The number of nitrogens with zero attached hydrogens (tertiary/aromatic N) is 1. The van der Waals surface area contributed by atoms with Crippen LogP contribution in [0, 0.1) is 17.1 Å². The Kier molecular flexibility index (Phi) is 4.03. The van der Waals surface area contributed by atoms with E-state index in [1.165, 1.54) is 12.1 Å². The second kappa shape index (κ2) is 5.72. The Labute approximate surface area is 118 Å². The zero-order valence-corrected chi connectivity index (χ0v) is 11.4. The average molecular weight is 321 g/mol. The predicted octanol–water partition coefficient (Wildman–Crippen LogP) is 3.78. The largest absolute Gasteiger partial charge is 0.505 e. The first kappa shape index (κ1) is 13.4. The van der Waals surface area contributed by atoms with Crippen molar-refractivity contribution in [2.45, 2.75) is 6.54 Å². The van der Waals surface area contributed by atoms with Crippen molar-refractivity contribution in [1.82, 2.24) is 0 Å². The van der Waals surface area contributed by atoms with Gasteiger partial charge in [-0.15, -0.1) is 0 Å². The lowest BCUT2D eigenvalue weighted by Crippen LogP contribution is -2.02. The molecule has 0 aliphatic carbocycles. The molecule has 0 radical (unpaired) electrons. The summed E-state index contributed by atoms with van der Waals surface area (Å²) in [5, 5.41) is 21.6. The summed E-state index contributed by atoms with van der Waals surface area (Å²) in [6, 6.07) is 11.6. The molecule has 0 atom stereocenters. The molecule has 5 heteroatoms. The van der Waals surface area contributed by atoms with Crippen molar-refractivity contribution in [2.24, 2.45) is 0 Å². The summed E-state index contributed by atoms with van der Waals surface area (Å²) in [5.74, 6) is -1.03. The van der Waals surface area contributed by atoms with Crippen LogP contribution in [0.1, 0.15) is 11.1 Å². The van der Waals surface area contributed by atoms with E-state index in [2.05, 4.69) is 27.3 Å². The number of rotatable bonds is 3. The number of benzene rings is 2. The molecule has 0 spiro atoms. The number of hydrogen-bond donors (Lipinski definition) is 2. The van der Waals surface area contributed by atoms with Crippen molar-refractivity contribution in [1.29, 1.82) is 5.26 Å². The molecule has 2 aromatic carbocycles. The zero-order chi connectivity index (χ0) is 13.8. The van der Waals surface area contributed by atoms with Crippen LogP contribution < -0.4 is 5.32 Å². The molecule has 19 heavy (non-hydrogen) atoms. The number of anilines is 1. The Balaban J connectivity index is 2.20. The summed E-state index contributed by atoms with van der Waals surface area (Å²) < 4.78 is 14.0. The van der Waals surface area contributed by atoms with Crippen molar-refractivity contribution in [3.63, 3.8) is 0 Å². The summed E-state index contributed by atoms with van der Waals surface area (Å²) in [6.07, 6.45) is 0. The van der Waals surface area contributed by atoms with Crippen LogP contribution in [-0.2, 0) is 6.54 Å². The predicted molar refractivity (Wildman–Crippen MR) is 74.2 cm³/mol. The van der Waals surface area contributed by atoms with Crippen molar-refractivity contribution in [2.75, 3.05) is 5.32 Å². The number of aromatic hydroxyl groups is 1. The second-order valence-corrected chi connectivity index (χ2v) is 4.82. The third kappa shape index (κ3) is 3.04. The van der Waals surface area contributed by atoms with Crippen LogP contribution in [-0.4, -0.2) is 5.11 Å². The van der Waals surface area contributed by atoms with Crippen LogP contribution >= 0.6 is 15.9 Å². The summed E-state index contributed by atoms with van der Waals surface area (Å²) in [5.41, 5.74) is 1.55. The molecule has 2 aromatic rings. The fourth-order valence-electron chi connectivity index (χ4n) is 1.66. The molecule has 2 N–H and O–H groups in total. The van der Waals surface area contributed by atoms with Gasteiger partial charge < -0.3 is 10.4 Å². The highest BCUT2D eigenvalue weighted by Crippen LogP contribution is 2.24. The number of nitrogens with one attached hydrogen (secondary N) is 1. The van der Waals surface area contributed by atoms with Gasteiger partial charge in [-0.25, -0.2) is 4.39 Å². The molecular weight excluding hydrogens is 311 g/mol. The molecule has 2 rings (SSSR count). The lowest BCUT2D eigenvalue weighted by Gasteiger charge is -2.10. The van der Waals surface area contributed by atoms with E-state index >= 15 is 0 Å². The average Bonchev–Trinajstić information content (AvgIpc) is 2.41. The number of para-hydroxylation sites is 1. The Hall–Kier alpha value is -2.06. The monoisotopic (exact) mass is 320 g/mol. The second-order valence-electron chi connectivity index (χ2n) is 3.90. The lowest BCUT2D eigenvalue weighted by molar-refractivity contribution is 0.427. The minimum atomic E-state index is -0.657. The molecule has 96 valence electrons. The van der Waals surface area contributed by atoms with Gasteiger partial charge in [0.2, 0.25) is 0 Å². The SMILES string of the molecule is N#Cc1cc(Br)ccc1NCc1cccc(F)c1O. The smallest absolute Gasteiger partial charge is 0.165 e. The van der Waals surface area contributed by atoms with Gasteiger partial charge in [0.05, 0.1) is 11.3 Å². The zero-order valence-electron chi connectivity index (χ0n) is 9.82. The van der Waals surface area contributed by atoms with Crippen LogP contribution in [0.2, 0.25) is 0 Å². The summed E-state index contributed by atoms with van der Waals surface area (Å²) in [6.45, 7) is 0.236. The molecule has 0 aromatic heterocycles. The van der Waals surface area contributed by atoms with E-state index < -0.39 is 5.82 Å². The first-order valence-corrected chi connectivity index (χ1v) is 6.31. The third-order valence-electron chi connectivity index (χ3n) is 2.64. The maximum absolute atomic E-state index is 13.2. The maximum atomic E-state index is 13.2. The van der Waals surface area contributed by atoms with Crippen LogP contribution in [0.25, 0.3) is 0 Å². The van der Waals surface area contributed by atoms with Crippen LogP contribution in [0.3, 0.4) is 0 Å². The fraction of sp³-hybridized carbons (Fsp3) is 0.0714. The number of halogens is 2. The van der Waals surface area contributed by atoms with E-state index in [1.807, 2.05) is 0 Å². The summed E-state index contributed by atoms with van der Waals surface area (Å²) in [4.78, 5) is 0. The molecule has 0 unspecified atom stereocenters. The van der Waals surface area contributed by atoms with Gasteiger partial charge in [0.25, 0.3) is 0 Å². The molecular formula is C14H10BrFN2O. The number of phenolic OH excluding ortho intramolecular Hbond substituents is 1. The van der Waals surface area contributed by atoms with Gasteiger partial charge in [-0.1, -0.05) is 28.1 Å². The third-order valence-corrected chi connectivity index (χ3v) is 3.13. The van der Waals surface area contributed by atoms with Crippen molar-refractivity contribution >= 4 is 21.6 Å². The lowest BCUT2D eigenvalue weighted by atomic mass is 10.1. The van der Waals surface area contributed by atoms with E-state index in [1.54, 1.807) is 24.3 Å². The van der Waals surface area contributed by atoms with Crippen LogP contribution in [0.15, 0.2) is 40.9 Å². The molecule has 0 aliphatic rings. The molecule has 0 fully saturated rings. The van der Waals surface area contributed by atoms with Gasteiger partial charge in [0, 0.05) is 16.6 Å². The van der Waals surface area contributed by atoms with Gasteiger partial charge in [0.15, 0.2) is 11.6 Å². The van der Waals surface area contributed by atoms with Crippen molar-refractivity contribution < 1.29 is 9.50 Å². The highest BCUT2D eigenvalue weighted by molar-refractivity contribution is 9.10. The molecule has 3 nitrogen and oxygen atoms in total. The van der Waals surface area contributed by atoms with Gasteiger partial charge in [-0.2, -0.15) is 5.26 Å². The molecule has 0 saturated carbocycles. The minimum absolute atomic E-state index is 0.236. The molecule has 0 bridgehead atoms. The standard InChI is InChI=1S/C14H10BrFN2O/c15-11-4-5-13(10(6-11)7-17)18-8-9-2-1-3-12(16)14(9)19/h1-6,18-19H,8H2. The van der Waals surface area contributed by atoms with Gasteiger partial charge >= 0.3 is 0 Å². The first-order chi connectivity index (χ1) is 9.11. The Morgan fingerprint density at radius 1 is 1.32 bits per heavy atom. The molecule has 0 aliphatic heterocycles. The number of hydrogen-bond acceptors (Lipinski definition) is 3. The number of phenols is 1. The van der Waals surface area contributed by atoms with E-state index in [9.17, 15) is 9.50 Å². The minimum Gasteiger partial charge on any atom is -0.505 e. The Morgan fingerprint density at radius 2 is 2.11 bits per heavy atom. The van der Waals surface area contributed by atoms with Crippen molar-refractivity contribution in [3.8, 4) is 11.8 Å². The topological polar surface area (TPSA) is 56.0 Å². The van der Waals surface area contributed by atoms with Gasteiger partial charge in [0.1, 0.15) is 6.07 Å². The molecule has 0 saturated heterocycles. The van der Waals surface area contributed by atoms with Crippen molar-refractivity contribution in [3.05, 3.63) is 57.8 Å². The first-order valence-electron chi connectivity index (χ1n) is 5.51. The highest BCUT2D eigenvalue weighted by Gasteiger charge is 2.07. The fourth-order valence-corrected chi connectivity index (χ4v) is 2.02. The molecule has 0 heterocycles.